The van der Waals surface area contributed by atoms with E-state index in [1.807, 2.05) is 41.8 Å². The van der Waals surface area contributed by atoms with Gasteiger partial charge in [-0.25, -0.2) is 14.4 Å². The van der Waals surface area contributed by atoms with Crippen molar-refractivity contribution in [1.29, 1.82) is 0 Å². The van der Waals surface area contributed by atoms with Gasteiger partial charge in [-0.05, 0) is 50.4 Å². The molecule has 0 unspecified atom stereocenters. The van der Waals surface area contributed by atoms with Gasteiger partial charge in [-0.1, -0.05) is 0 Å². The normalized spacial score (nSPS) is 15.6. The van der Waals surface area contributed by atoms with Crippen molar-refractivity contribution in [1.82, 2.24) is 24.4 Å². The molecule has 30 heavy (non-hydrogen) atoms. The Morgan fingerprint density at radius 3 is 2.60 bits per heavy atom. The van der Waals surface area contributed by atoms with Gasteiger partial charge in [0, 0.05) is 50.2 Å². The lowest BCUT2D eigenvalue weighted by Crippen LogP contribution is -2.44. The van der Waals surface area contributed by atoms with Crippen LogP contribution in [-0.4, -0.2) is 57.6 Å². The third-order valence-electron chi connectivity index (χ3n) is 5.62. The van der Waals surface area contributed by atoms with E-state index >= 15 is 4.39 Å². The van der Waals surface area contributed by atoms with E-state index in [1.165, 1.54) is 0 Å². The fourth-order valence-electron chi connectivity index (χ4n) is 3.95. The number of rotatable bonds is 3. The number of aromatic nitrogens is 4. The number of hydrogen-bond acceptors (Lipinski definition) is 5. The summed E-state index contributed by atoms with van der Waals surface area (Å²) in [4.78, 5) is 17.7. The molecule has 1 aromatic carbocycles. The van der Waals surface area contributed by atoms with E-state index in [-0.39, 0.29) is 12.0 Å². The molecule has 0 N–H and O–H groups in total. The molecule has 0 amide bonds. The van der Waals surface area contributed by atoms with E-state index in [1.54, 1.807) is 18.3 Å². The molecule has 1 saturated heterocycles. The number of hydrogen-bond donors (Lipinski definition) is 0. The topological polar surface area (TPSA) is 50.1 Å². The largest absolute Gasteiger partial charge is 0.367 e. The van der Waals surface area contributed by atoms with E-state index in [0.29, 0.717) is 17.0 Å². The summed E-state index contributed by atoms with van der Waals surface area (Å²) >= 11 is 0. The highest BCUT2D eigenvalue weighted by Gasteiger charge is 2.19. The number of halogens is 1. The highest BCUT2D eigenvalue weighted by molar-refractivity contribution is 5.78. The van der Waals surface area contributed by atoms with Gasteiger partial charge in [0.05, 0.1) is 18.4 Å². The average Bonchev–Trinajstić information content (AvgIpc) is 3.09. The molecule has 1 fully saturated rings. The molecule has 152 valence electrons. The van der Waals surface area contributed by atoms with Crippen molar-refractivity contribution in [3.05, 3.63) is 66.5 Å². The summed E-state index contributed by atoms with van der Waals surface area (Å²) in [6.45, 7) is 5.37. The zero-order valence-electron chi connectivity index (χ0n) is 18.0. The van der Waals surface area contributed by atoms with Crippen LogP contribution in [-0.2, 0) is 0 Å². The number of likely N-dealkylation sites (N-methyl/N-ethyl adjacent to an activating group) is 1. The van der Waals surface area contributed by atoms with E-state index in [2.05, 4.69) is 26.8 Å². The number of aryl methyl sites for hydroxylation is 1. The van der Waals surface area contributed by atoms with E-state index in [0.717, 1.165) is 48.8 Å². The Morgan fingerprint density at radius 1 is 1.00 bits per heavy atom. The van der Waals surface area contributed by atoms with Crippen LogP contribution in [0.4, 0.5) is 10.1 Å². The van der Waals surface area contributed by atoms with Gasteiger partial charge >= 0.3 is 0 Å². The molecule has 4 aromatic rings. The van der Waals surface area contributed by atoms with Gasteiger partial charge < -0.3 is 9.80 Å². The quantitative estimate of drug-likeness (QED) is 0.522. The Kier molecular flexibility index (Phi) is 4.38. The van der Waals surface area contributed by atoms with Crippen molar-refractivity contribution in [3.8, 4) is 16.9 Å². The summed E-state index contributed by atoms with van der Waals surface area (Å²) in [5.41, 5.74) is 4.25. The molecule has 6 nitrogen and oxygen atoms in total. The Balaban J connectivity index is 1.56. The summed E-state index contributed by atoms with van der Waals surface area (Å²) < 4.78 is 24.7. The van der Waals surface area contributed by atoms with Crippen molar-refractivity contribution in [3.63, 3.8) is 0 Å². The SMILES string of the molecule is [2H]c1cc(-c2ccc3nc(C)n(-c4ccc(N5CCN(C)CC5)c(F)c4)c3n2)ccn1. The minimum absolute atomic E-state index is 0.186. The first-order valence-electron chi connectivity index (χ1n) is 10.5. The lowest BCUT2D eigenvalue weighted by Gasteiger charge is -2.34. The molecule has 0 spiro atoms. The van der Waals surface area contributed by atoms with Gasteiger partial charge in [0.2, 0.25) is 0 Å². The van der Waals surface area contributed by atoms with Gasteiger partial charge in [0.15, 0.2) is 5.65 Å². The van der Waals surface area contributed by atoms with E-state index in [9.17, 15) is 0 Å². The predicted octanol–water partition coefficient (Wildman–Crippen LogP) is 3.68. The first-order valence-corrected chi connectivity index (χ1v) is 10.0. The highest BCUT2D eigenvalue weighted by Crippen LogP contribution is 2.27. The van der Waals surface area contributed by atoms with Crippen LogP contribution < -0.4 is 4.90 Å². The van der Waals surface area contributed by atoms with E-state index in [4.69, 9.17) is 6.35 Å². The minimum atomic E-state index is -0.243. The number of nitrogens with zero attached hydrogens (tertiary/aromatic N) is 6. The summed E-state index contributed by atoms with van der Waals surface area (Å²) in [5.74, 6) is 0.495. The zero-order valence-corrected chi connectivity index (χ0v) is 17.0. The van der Waals surface area contributed by atoms with Crippen LogP contribution >= 0.6 is 0 Å². The average molecular weight is 403 g/mol. The minimum Gasteiger partial charge on any atom is -0.367 e. The molecule has 1 aliphatic heterocycles. The Bertz CT molecular complexity index is 1260. The van der Waals surface area contributed by atoms with Crippen LogP contribution in [0, 0.1) is 12.7 Å². The number of anilines is 1. The lowest BCUT2D eigenvalue weighted by atomic mass is 10.2. The number of benzene rings is 1. The summed E-state index contributed by atoms with van der Waals surface area (Å²) in [6, 6.07) is 12.6. The summed E-state index contributed by atoms with van der Waals surface area (Å²) in [6.07, 6.45) is 1.78. The molecule has 0 bridgehead atoms. The molecule has 1 aliphatic rings. The number of piperazine rings is 1. The molecular weight excluding hydrogens is 379 g/mol. The maximum Gasteiger partial charge on any atom is 0.165 e. The van der Waals surface area contributed by atoms with E-state index < -0.39 is 0 Å². The molecule has 0 radical (unpaired) electrons. The van der Waals surface area contributed by atoms with Crippen LogP contribution in [0.5, 0.6) is 0 Å². The van der Waals surface area contributed by atoms with Gasteiger partial charge in [0.1, 0.15) is 17.2 Å². The second kappa shape index (κ2) is 7.50. The standard InChI is InChI=1S/C23H23FN6/c1-16-26-21-5-4-20(17-7-9-25-10-8-17)27-23(21)30(16)18-3-6-22(19(24)15-18)29-13-11-28(2)12-14-29/h3-10,15H,11-14H2,1-2H3/i9D. The summed E-state index contributed by atoms with van der Waals surface area (Å²) in [7, 11) is 2.09. The maximum absolute atomic E-state index is 15.1. The second-order valence-corrected chi connectivity index (χ2v) is 7.63. The van der Waals surface area contributed by atoms with Gasteiger partial charge in [-0.15, -0.1) is 0 Å². The summed E-state index contributed by atoms with van der Waals surface area (Å²) in [5, 5.41) is 0. The molecular formula is C23H23FN6. The highest BCUT2D eigenvalue weighted by atomic mass is 19.1. The fourth-order valence-corrected chi connectivity index (χ4v) is 3.95. The number of pyridine rings is 2. The zero-order chi connectivity index (χ0) is 21.5. The number of fused-ring (bicyclic) bond motifs is 1. The Hall–Kier alpha value is -3.32. The van der Waals surface area contributed by atoms with Crippen LogP contribution in [0.2, 0.25) is 0 Å². The van der Waals surface area contributed by atoms with Crippen LogP contribution in [0.1, 0.15) is 7.20 Å². The fraction of sp³-hybridized carbons (Fsp3) is 0.261. The second-order valence-electron chi connectivity index (χ2n) is 7.63. The van der Waals surface area contributed by atoms with Crippen LogP contribution in [0.25, 0.3) is 28.1 Å². The third-order valence-corrected chi connectivity index (χ3v) is 5.62. The van der Waals surface area contributed by atoms with Crippen molar-refractivity contribution in [2.45, 2.75) is 6.92 Å². The first kappa shape index (κ1) is 17.5. The Labute approximate surface area is 176 Å². The van der Waals surface area contributed by atoms with Crippen molar-refractivity contribution in [2.24, 2.45) is 0 Å². The predicted molar refractivity (Wildman–Crippen MR) is 117 cm³/mol. The monoisotopic (exact) mass is 403 g/mol. The first-order chi connectivity index (χ1) is 15.0. The lowest BCUT2D eigenvalue weighted by molar-refractivity contribution is 0.311. The molecule has 7 heteroatoms. The number of imidazole rings is 1. The van der Waals surface area contributed by atoms with Crippen LogP contribution in [0.3, 0.4) is 0 Å². The van der Waals surface area contributed by atoms with Gasteiger partial charge in [-0.2, -0.15) is 0 Å². The van der Waals surface area contributed by atoms with Gasteiger partial charge in [0.25, 0.3) is 0 Å². The molecule has 0 atom stereocenters. The third kappa shape index (κ3) is 3.31. The van der Waals surface area contributed by atoms with Crippen molar-refractivity contribution < 1.29 is 5.76 Å². The molecule has 0 saturated carbocycles. The van der Waals surface area contributed by atoms with Gasteiger partial charge in [-0.3, -0.25) is 9.55 Å². The molecule has 0 aliphatic carbocycles. The Morgan fingerprint density at radius 2 is 1.83 bits per heavy atom. The molecule has 3 aromatic heterocycles. The molecule has 5 rings (SSSR count). The van der Waals surface area contributed by atoms with Crippen molar-refractivity contribution >= 4 is 16.9 Å². The molecule has 4 heterocycles. The maximum atomic E-state index is 15.1. The van der Waals surface area contributed by atoms with Crippen LogP contribution in [0.15, 0.2) is 54.8 Å². The van der Waals surface area contributed by atoms with Crippen molar-refractivity contribution in [2.75, 3.05) is 38.1 Å². The smallest absolute Gasteiger partial charge is 0.165 e.